The molecule has 10 nitrogen and oxygen atoms in total. The van der Waals surface area contributed by atoms with E-state index in [0.29, 0.717) is 11.6 Å². The van der Waals surface area contributed by atoms with Gasteiger partial charge in [-0.1, -0.05) is 48.5 Å². The van der Waals surface area contributed by atoms with E-state index in [-0.39, 0.29) is 15.1 Å². The standard InChI is InChI=1S/2C11H9N3.ClHO4.2ClH.Rh/c2*1-2-6-10(7-3-1)13-14-11-8-4-5-9-12-11;2-1(3,4)5;;;/h2*1-9H;(H,2,3,4,5);2*1H;/q;;;;;+3/p-3. The number of azo groups is 2. The molecule has 0 saturated carbocycles. The van der Waals surface area contributed by atoms with E-state index >= 15 is 0 Å². The minimum absolute atomic E-state index is 0.226. The van der Waals surface area contributed by atoms with Crippen LogP contribution in [-0.2, 0) is 15.1 Å². The van der Waals surface area contributed by atoms with E-state index in [2.05, 4.69) is 30.4 Å². The van der Waals surface area contributed by atoms with Crippen molar-refractivity contribution in [3.8, 4) is 0 Å². The number of nitrogens with zero attached hydrogens (tertiary/aromatic N) is 6. The van der Waals surface area contributed by atoms with Crippen LogP contribution in [-0.4, -0.2) is 9.97 Å². The number of pyridine rings is 2. The van der Waals surface area contributed by atoms with Gasteiger partial charge >= 0.3 is 34.5 Å². The van der Waals surface area contributed by atoms with E-state index in [4.69, 9.17) is 38.0 Å². The Kier molecular flexibility index (Phi) is 16.9. The van der Waals surface area contributed by atoms with Gasteiger partial charge in [-0.15, -0.1) is 30.7 Å². The van der Waals surface area contributed by atoms with Gasteiger partial charge in [0.05, 0.1) is 11.4 Å². The summed E-state index contributed by atoms with van der Waals surface area (Å²) >= 11 is -0.226. The SMILES string of the molecule is [Cl][Rh+][Cl].[O-][Cl+3]([O-])([O-])[O-].c1ccc(N=Nc2ccccn2)cc1.c1ccc(N=Nc2ccccn2)cc1. The minimum Gasteiger partial charge on any atom is -0.236 e. The molecule has 2 aromatic carbocycles. The Labute approximate surface area is 225 Å². The molecule has 0 bridgehead atoms. The van der Waals surface area contributed by atoms with Crippen LogP contribution >= 0.6 is 19.4 Å². The van der Waals surface area contributed by atoms with Gasteiger partial charge in [-0.3, -0.25) is 0 Å². The van der Waals surface area contributed by atoms with Crippen molar-refractivity contribution in [2.45, 2.75) is 0 Å². The molecule has 0 radical (unpaired) electrons. The van der Waals surface area contributed by atoms with E-state index in [1.807, 2.05) is 97.1 Å². The van der Waals surface area contributed by atoms with E-state index in [9.17, 15) is 0 Å². The normalized spacial score (nSPS) is 10.5. The second-order valence-corrected chi connectivity index (χ2v) is 9.12. The molecule has 0 fully saturated rings. The van der Waals surface area contributed by atoms with Crippen LogP contribution in [0.1, 0.15) is 0 Å². The molecule has 0 amide bonds. The molecule has 0 saturated heterocycles. The third-order valence-corrected chi connectivity index (χ3v) is 3.35. The van der Waals surface area contributed by atoms with Crippen molar-refractivity contribution in [3.63, 3.8) is 0 Å². The molecular formula is C22H18Cl3N6O4Rh. The first-order valence-corrected chi connectivity index (χ1v) is 15.0. The monoisotopic (exact) mass is 638 g/mol. The molecule has 36 heavy (non-hydrogen) atoms. The molecule has 4 aromatic rings. The first-order valence-electron chi connectivity index (χ1n) is 9.53. The predicted octanol–water partition coefficient (Wildman–Crippen LogP) is 3.61. The Morgan fingerprint density at radius 3 is 1.11 bits per heavy atom. The Bertz CT molecular complexity index is 954. The molecule has 0 aliphatic heterocycles. The van der Waals surface area contributed by atoms with Crippen molar-refractivity contribution in [3.05, 3.63) is 109 Å². The molecule has 0 aliphatic rings. The zero-order chi connectivity index (χ0) is 26.5. The van der Waals surface area contributed by atoms with Crippen molar-refractivity contribution in [2.24, 2.45) is 20.5 Å². The van der Waals surface area contributed by atoms with E-state index < -0.39 is 10.2 Å². The van der Waals surface area contributed by atoms with Crippen molar-refractivity contribution in [1.29, 1.82) is 0 Å². The topological polar surface area (TPSA) is 167 Å². The third-order valence-electron chi connectivity index (χ3n) is 3.35. The molecule has 4 rings (SSSR count). The summed E-state index contributed by atoms with van der Waals surface area (Å²) in [5, 5.41) is 16.1. The largest absolute Gasteiger partial charge is 0.236 e. The summed E-state index contributed by atoms with van der Waals surface area (Å²) in [6.45, 7) is 0. The molecule has 2 heterocycles. The molecule has 0 N–H and O–H groups in total. The van der Waals surface area contributed by atoms with Crippen LogP contribution in [0.2, 0.25) is 0 Å². The quantitative estimate of drug-likeness (QED) is 0.244. The summed E-state index contributed by atoms with van der Waals surface area (Å²) in [4.78, 5) is 8.07. The van der Waals surface area contributed by atoms with Gasteiger partial charge in [0.1, 0.15) is 0 Å². The fourth-order valence-electron chi connectivity index (χ4n) is 2.03. The number of aromatic nitrogens is 2. The maximum atomic E-state index is 8.49. The first kappa shape index (κ1) is 31.3. The smallest absolute Gasteiger partial charge is 0.174 e. The van der Waals surface area contributed by atoms with Gasteiger partial charge in [0.25, 0.3) is 0 Å². The second kappa shape index (κ2) is 19.5. The minimum atomic E-state index is -4.94. The first-order chi connectivity index (χ1) is 17.3. The fraction of sp³-hybridized carbons (Fsp3) is 0. The van der Waals surface area contributed by atoms with E-state index in [1.54, 1.807) is 12.4 Å². The maximum absolute atomic E-state index is 8.49. The summed E-state index contributed by atoms with van der Waals surface area (Å²) in [6, 6.07) is 30.2. The Balaban J connectivity index is 0.000000280. The molecule has 0 atom stereocenters. The molecule has 2 aromatic heterocycles. The van der Waals surface area contributed by atoms with Crippen molar-refractivity contribution in [1.82, 2.24) is 9.97 Å². The number of halogens is 3. The van der Waals surface area contributed by atoms with Gasteiger partial charge < -0.3 is 0 Å². The van der Waals surface area contributed by atoms with Crippen LogP contribution in [0.5, 0.6) is 0 Å². The van der Waals surface area contributed by atoms with Gasteiger partial charge in [-0.2, -0.15) is 0 Å². The fourth-order valence-corrected chi connectivity index (χ4v) is 2.03. The number of rotatable bonds is 4. The van der Waals surface area contributed by atoms with Crippen LogP contribution in [0.15, 0.2) is 130 Å². The van der Waals surface area contributed by atoms with E-state index in [0.717, 1.165) is 11.4 Å². The number of hydrogen-bond acceptors (Lipinski definition) is 10. The van der Waals surface area contributed by atoms with Crippen LogP contribution in [0.3, 0.4) is 0 Å². The Hall–Kier alpha value is -2.73. The maximum Gasteiger partial charge on any atom is 0.174 e. The molecule has 190 valence electrons. The van der Waals surface area contributed by atoms with Gasteiger partial charge in [0, 0.05) is 12.4 Å². The van der Waals surface area contributed by atoms with E-state index in [1.165, 1.54) is 0 Å². The van der Waals surface area contributed by atoms with Gasteiger partial charge in [-0.05, 0) is 48.5 Å². The molecule has 14 heteroatoms. The van der Waals surface area contributed by atoms with Crippen LogP contribution in [0, 0.1) is 10.2 Å². The van der Waals surface area contributed by atoms with Crippen LogP contribution in [0.25, 0.3) is 0 Å². The van der Waals surface area contributed by atoms with Gasteiger partial charge in [-0.25, -0.2) is 28.6 Å². The van der Waals surface area contributed by atoms with Gasteiger partial charge in [0.15, 0.2) is 11.6 Å². The number of hydrogen-bond donors (Lipinski definition) is 0. The summed E-state index contributed by atoms with van der Waals surface area (Å²) in [7, 11) is 4.72. The average molecular weight is 640 g/mol. The van der Waals surface area contributed by atoms with Crippen LogP contribution < -0.4 is 18.6 Å². The molecule has 0 spiro atoms. The summed E-state index contributed by atoms with van der Waals surface area (Å²) in [5.74, 6) is 1.24. The molecular weight excluding hydrogens is 622 g/mol. The summed E-state index contributed by atoms with van der Waals surface area (Å²) in [6.07, 6.45) is 3.39. The zero-order valence-electron chi connectivity index (χ0n) is 18.2. The third kappa shape index (κ3) is 18.6. The second-order valence-electron chi connectivity index (χ2n) is 5.87. The zero-order valence-corrected chi connectivity index (χ0v) is 22.1. The van der Waals surface area contributed by atoms with Crippen molar-refractivity contribution < 1.29 is 44.0 Å². The van der Waals surface area contributed by atoms with Crippen molar-refractivity contribution in [2.75, 3.05) is 0 Å². The van der Waals surface area contributed by atoms with Crippen LogP contribution in [0.4, 0.5) is 23.0 Å². The Morgan fingerprint density at radius 2 is 0.833 bits per heavy atom. The molecule has 0 unspecified atom stereocenters. The number of benzene rings is 2. The summed E-state index contributed by atoms with van der Waals surface area (Å²) in [5.41, 5.74) is 1.66. The Morgan fingerprint density at radius 1 is 0.528 bits per heavy atom. The van der Waals surface area contributed by atoms with Crippen molar-refractivity contribution >= 4 is 42.4 Å². The molecule has 0 aliphatic carbocycles. The average Bonchev–Trinajstić information content (AvgIpc) is 2.89. The van der Waals surface area contributed by atoms with Gasteiger partial charge in [0.2, 0.25) is 0 Å². The predicted molar refractivity (Wildman–Crippen MR) is 121 cm³/mol. The summed E-state index contributed by atoms with van der Waals surface area (Å²) < 4.78 is 34.0.